The molecule has 3 aliphatic carbocycles. The van der Waals surface area contributed by atoms with Gasteiger partial charge in [-0.3, -0.25) is 19.3 Å². The zero-order chi connectivity index (χ0) is 32.6. The summed E-state index contributed by atoms with van der Waals surface area (Å²) in [4.78, 5) is 42.7. The van der Waals surface area contributed by atoms with Crippen LogP contribution >= 0.6 is 0 Å². The normalized spacial score (nSPS) is 25.1. The minimum Gasteiger partial charge on any atom is -0.508 e. The summed E-state index contributed by atoms with van der Waals surface area (Å²) in [6, 6.07) is 5.98. The number of benzene rings is 2. The predicted octanol–water partition coefficient (Wildman–Crippen LogP) is 2.69. The maximum absolute atomic E-state index is 14.1. The lowest BCUT2D eigenvalue weighted by Gasteiger charge is -2.50. The number of phenolic OH excluding ortho intramolecular Hbond substituents is 1. The Kier molecular flexibility index (Phi) is 7.25. The van der Waals surface area contributed by atoms with E-state index in [0.717, 1.165) is 0 Å². The fourth-order valence-corrected chi connectivity index (χ4v) is 6.82. The second kappa shape index (κ2) is 10.3. The molecule has 0 radical (unpaired) electrons. The molecule has 0 aliphatic heterocycles. The molecule has 0 heterocycles. The third kappa shape index (κ3) is 4.58. The highest BCUT2D eigenvalue weighted by Crippen LogP contribution is 2.55. The predicted molar refractivity (Wildman–Crippen MR) is 155 cm³/mol. The van der Waals surface area contributed by atoms with Crippen molar-refractivity contribution in [3.8, 4) is 22.6 Å². The average molecular weight is 614 g/mol. The molecule has 44 heavy (non-hydrogen) atoms. The van der Waals surface area contributed by atoms with Gasteiger partial charge in [0, 0.05) is 43.8 Å². The SMILES string of the molecule is CN(C)c1cc(-c2ccc(OC(C)(F)F)cc2)c(O)c2c1C[C@H]1C[C@H]3[C@H](N(C)C)C(=O)C(C(N)=O)=C(O)[C@@]3(O)C(=O)C1=C2O. The highest BCUT2D eigenvalue weighted by Gasteiger charge is 2.64. The van der Waals surface area contributed by atoms with Crippen molar-refractivity contribution in [2.45, 2.75) is 37.5 Å². The molecular formula is C31H33F2N3O8. The number of rotatable bonds is 6. The number of likely N-dealkylation sites (N-methyl/N-ethyl adjacent to an activating group) is 1. The Morgan fingerprint density at radius 3 is 2.23 bits per heavy atom. The van der Waals surface area contributed by atoms with Crippen molar-refractivity contribution in [1.82, 2.24) is 4.90 Å². The molecule has 0 spiro atoms. The maximum atomic E-state index is 14.1. The second-order valence-corrected chi connectivity index (χ2v) is 11.9. The number of carbonyl (C=O) groups excluding carboxylic acids is 3. The number of anilines is 1. The smallest absolute Gasteiger partial charge is 0.394 e. The molecular weight excluding hydrogens is 580 g/mol. The van der Waals surface area contributed by atoms with Gasteiger partial charge in [0.2, 0.25) is 5.78 Å². The molecule has 1 amide bonds. The Hall–Kier alpha value is -4.49. The fraction of sp³-hybridized carbons (Fsp3) is 0.387. The summed E-state index contributed by atoms with van der Waals surface area (Å²) in [5, 5.41) is 46.0. The number of ether oxygens (including phenoxy) is 1. The largest absolute Gasteiger partial charge is 0.508 e. The molecule has 6 N–H and O–H groups in total. The van der Waals surface area contributed by atoms with Gasteiger partial charge in [0.1, 0.15) is 28.6 Å². The van der Waals surface area contributed by atoms with Crippen LogP contribution in [0.1, 0.15) is 24.5 Å². The van der Waals surface area contributed by atoms with E-state index in [1.54, 1.807) is 25.1 Å². The molecule has 3 aliphatic rings. The van der Waals surface area contributed by atoms with Crippen LogP contribution in [0.25, 0.3) is 16.9 Å². The molecule has 2 aromatic carbocycles. The minimum atomic E-state index is -3.41. The lowest BCUT2D eigenvalue weighted by atomic mass is 9.57. The van der Waals surface area contributed by atoms with Gasteiger partial charge in [0.05, 0.1) is 11.6 Å². The average Bonchev–Trinajstić information content (AvgIpc) is 2.90. The van der Waals surface area contributed by atoms with E-state index in [2.05, 4.69) is 4.74 Å². The summed E-state index contributed by atoms with van der Waals surface area (Å²) in [7, 11) is 6.55. The zero-order valence-electron chi connectivity index (χ0n) is 24.7. The van der Waals surface area contributed by atoms with E-state index in [1.807, 2.05) is 0 Å². The third-order valence-corrected chi connectivity index (χ3v) is 8.64. The van der Waals surface area contributed by atoms with Gasteiger partial charge in [-0.05, 0) is 62.2 Å². The van der Waals surface area contributed by atoms with Crippen LogP contribution < -0.4 is 15.4 Å². The van der Waals surface area contributed by atoms with Gasteiger partial charge in [-0.25, -0.2) is 0 Å². The lowest BCUT2D eigenvalue weighted by molar-refractivity contribution is -0.159. The standard InChI is InChI=1S/C31H33F2N3O8/c1-30(32,33)44-15-8-6-13(7-9-15)16-12-19(35(2)3)17-10-14-11-18-23(36(4)5)26(39)22(29(34)42)28(41)31(18,43)27(40)20(14)25(38)21(17)24(16)37/h6-9,12,14,18,23,37-38,41,43H,10-11H2,1-5H3,(H2,34,42)/t14-,18-,23-,31-/m0/s1. The first-order chi connectivity index (χ1) is 20.4. The number of nitrogens with two attached hydrogens (primary N) is 1. The van der Waals surface area contributed by atoms with Crippen molar-refractivity contribution in [3.63, 3.8) is 0 Å². The number of aliphatic hydroxyl groups is 3. The zero-order valence-corrected chi connectivity index (χ0v) is 24.7. The monoisotopic (exact) mass is 613 g/mol. The van der Waals surface area contributed by atoms with Gasteiger partial charge in [-0.1, -0.05) is 12.1 Å². The van der Waals surface area contributed by atoms with Gasteiger partial charge < -0.3 is 35.8 Å². The number of amides is 1. The summed E-state index contributed by atoms with van der Waals surface area (Å²) in [5.74, 6) is -7.49. The number of hydrogen-bond acceptors (Lipinski definition) is 10. The van der Waals surface area contributed by atoms with E-state index in [4.69, 9.17) is 5.73 Å². The number of halogens is 2. The fourth-order valence-electron chi connectivity index (χ4n) is 6.82. The van der Waals surface area contributed by atoms with Crippen molar-refractivity contribution in [2.75, 3.05) is 33.1 Å². The lowest BCUT2D eigenvalue weighted by Crippen LogP contribution is -2.65. The molecule has 234 valence electrons. The van der Waals surface area contributed by atoms with Crippen LogP contribution in [0.3, 0.4) is 0 Å². The Morgan fingerprint density at radius 2 is 1.70 bits per heavy atom. The van der Waals surface area contributed by atoms with E-state index >= 15 is 0 Å². The van der Waals surface area contributed by atoms with Crippen LogP contribution in [0, 0.1) is 11.8 Å². The Bertz CT molecular complexity index is 1660. The van der Waals surface area contributed by atoms with E-state index in [1.165, 1.54) is 43.3 Å². The number of phenols is 1. The number of aliphatic hydroxyl groups excluding tert-OH is 2. The van der Waals surface area contributed by atoms with Crippen LogP contribution in [0.5, 0.6) is 11.5 Å². The second-order valence-electron chi connectivity index (χ2n) is 11.9. The Labute approximate surface area is 251 Å². The Morgan fingerprint density at radius 1 is 1.09 bits per heavy atom. The number of hydrogen-bond donors (Lipinski definition) is 5. The van der Waals surface area contributed by atoms with Crippen LogP contribution in [0.2, 0.25) is 0 Å². The van der Waals surface area contributed by atoms with Crippen molar-refractivity contribution in [1.29, 1.82) is 0 Å². The number of carbonyl (C=O) groups is 3. The molecule has 0 bridgehead atoms. The maximum Gasteiger partial charge on any atom is 0.394 e. The number of fused-ring (bicyclic) bond motifs is 3. The first kappa shape index (κ1) is 31.0. The molecule has 2 aromatic rings. The molecule has 13 heteroatoms. The summed E-state index contributed by atoms with van der Waals surface area (Å²) < 4.78 is 31.2. The van der Waals surface area contributed by atoms with E-state index in [-0.39, 0.29) is 35.3 Å². The van der Waals surface area contributed by atoms with E-state index in [0.29, 0.717) is 23.7 Å². The Balaban J connectivity index is 1.71. The highest BCUT2D eigenvalue weighted by atomic mass is 19.3. The van der Waals surface area contributed by atoms with Gasteiger partial charge in [0.15, 0.2) is 11.4 Å². The quantitative estimate of drug-likeness (QED) is 0.305. The number of nitrogens with zero attached hydrogens (tertiary/aromatic N) is 2. The number of Topliss-reactive ketones (excluding diaryl/α,β-unsaturated/α-hetero) is 2. The summed E-state index contributed by atoms with van der Waals surface area (Å²) in [6.07, 6.45) is -3.32. The van der Waals surface area contributed by atoms with E-state index in [9.17, 15) is 43.6 Å². The molecule has 1 saturated carbocycles. The number of ketones is 2. The first-order valence-corrected chi connectivity index (χ1v) is 13.8. The highest BCUT2D eigenvalue weighted by molar-refractivity contribution is 6.24. The summed E-state index contributed by atoms with van der Waals surface area (Å²) >= 11 is 0. The molecule has 4 atom stereocenters. The summed E-state index contributed by atoms with van der Waals surface area (Å²) in [5.41, 5.74) is 3.05. The van der Waals surface area contributed by atoms with Crippen molar-refractivity contribution >= 4 is 28.9 Å². The van der Waals surface area contributed by atoms with Crippen molar-refractivity contribution in [2.24, 2.45) is 17.6 Å². The molecule has 11 nitrogen and oxygen atoms in total. The minimum absolute atomic E-state index is 0.0370. The third-order valence-electron chi connectivity index (χ3n) is 8.64. The topological polar surface area (TPSA) is 174 Å². The molecule has 5 rings (SSSR count). The molecule has 1 fully saturated rings. The van der Waals surface area contributed by atoms with Crippen LogP contribution in [0.15, 0.2) is 47.2 Å². The van der Waals surface area contributed by atoms with Gasteiger partial charge in [-0.2, -0.15) is 8.78 Å². The number of alkyl halides is 2. The van der Waals surface area contributed by atoms with Gasteiger partial charge in [-0.15, -0.1) is 0 Å². The van der Waals surface area contributed by atoms with Crippen LogP contribution in [-0.4, -0.2) is 88.7 Å². The molecule has 0 aromatic heterocycles. The molecule has 0 unspecified atom stereocenters. The van der Waals surface area contributed by atoms with Crippen LogP contribution in [-0.2, 0) is 20.8 Å². The van der Waals surface area contributed by atoms with Crippen molar-refractivity contribution < 1.29 is 48.3 Å². The van der Waals surface area contributed by atoms with Gasteiger partial charge in [0.25, 0.3) is 5.91 Å². The van der Waals surface area contributed by atoms with Crippen molar-refractivity contribution in [3.05, 3.63) is 58.4 Å². The van der Waals surface area contributed by atoms with Crippen LogP contribution in [0.4, 0.5) is 14.5 Å². The number of primary amides is 1. The van der Waals surface area contributed by atoms with E-state index < -0.39 is 69.9 Å². The first-order valence-electron chi connectivity index (χ1n) is 13.8. The number of aromatic hydroxyl groups is 1. The molecule has 0 saturated heterocycles. The van der Waals surface area contributed by atoms with Gasteiger partial charge >= 0.3 is 6.11 Å². The summed E-state index contributed by atoms with van der Waals surface area (Å²) in [6.45, 7) is 0.602.